The van der Waals surface area contributed by atoms with E-state index in [1.54, 1.807) is 13.1 Å². The lowest BCUT2D eigenvalue weighted by Gasteiger charge is -2.28. The molecule has 1 aliphatic carbocycles. The molecule has 1 aliphatic heterocycles. The minimum Gasteiger partial charge on any atom is -0.397 e. The number of nitrogen functional groups attached to an aromatic ring is 1. The van der Waals surface area contributed by atoms with Crippen LogP contribution in [-0.4, -0.2) is 38.3 Å². The molecule has 1 saturated heterocycles. The molecule has 2 aliphatic rings. The monoisotopic (exact) mass is 348 g/mol. The van der Waals surface area contributed by atoms with Gasteiger partial charge in [0.1, 0.15) is 6.17 Å². The van der Waals surface area contributed by atoms with Crippen LogP contribution in [0, 0.1) is 5.92 Å². The maximum absolute atomic E-state index is 13.7. The van der Waals surface area contributed by atoms with Crippen molar-refractivity contribution in [2.45, 2.75) is 51.2 Å². The van der Waals surface area contributed by atoms with Crippen LogP contribution in [0.4, 0.5) is 21.5 Å². The Kier molecular flexibility index (Phi) is 5.35. The SMILES string of the molecule is CNc1cc(N2CC[C@@H](F)C2)c(C(=O)N[C@H]2CC[C@H](C)CC2)cc1N. The van der Waals surface area contributed by atoms with Gasteiger partial charge in [-0.05, 0) is 50.2 Å². The molecule has 1 amide bonds. The molecule has 1 atom stereocenters. The van der Waals surface area contributed by atoms with Gasteiger partial charge in [-0.25, -0.2) is 4.39 Å². The van der Waals surface area contributed by atoms with Gasteiger partial charge in [-0.3, -0.25) is 4.79 Å². The van der Waals surface area contributed by atoms with Crippen molar-refractivity contribution in [3.05, 3.63) is 17.7 Å². The molecule has 0 unspecified atom stereocenters. The quantitative estimate of drug-likeness (QED) is 0.731. The van der Waals surface area contributed by atoms with Crippen molar-refractivity contribution in [3.63, 3.8) is 0 Å². The number of halogens is 1. The van der Waals surface area contributed by atoms with Crippen molar-refractivity contribution in [2.24, 2.45) is 5.92 Å². The first kappa shape index (κ1) is 17.8. The zero-order chi connectivity index (χ0) is 18.0. The molecule has 1 saturated carbocycles. The van der Waals surface area contributed by atoms with E-state index >= 15 is 0 Å². The number of anilines is 3. The molecule has 1 heterocycles. The van der Waals surface area contributed by atoms with Gasteiger partial charge >= 0.3 is 0 Å². The van der Waals surface area contributed by atoms with Crippen LogP contribution in [0.5, 0.6) is 0 Å². The molecule has 0 radical (unpaired) electrons. The van der Waals surface area contributed by atoms with Crippen molar-refractivity contribution >= 4 is 23.0 Å². The molecule has 5 nitrogen and oxygen atoms in total. The van der Waals surface area contributed by atoms with Crippen molar-refractivity contribution in [2.75, 3.05) is 36.1 Å². The van der Waals surface area contributed by atoms with Gasteiger partial charge in [0.15, 0.2) is 0 Å². The third kappa shape index (κ3) is 3.99. The standard InChI is InChI=1S/C19H29FN4O/c1-12-3-5-14(6-4-12)23-19(25)15-9-16(21)17(22-2)10-18(15)24-8-7-13(20)11-24/h9-10,12-14,22H,3-8,11,21H2,1-2H3,(H,23,25)/t12-,13-,14-/m1/s1. The summed E-state index contributed by atoms with van der Waals surface area (Å²) in [5, 5.41) is 6.21. The average Bonchev–Trinajstić information content (AvgIpc) is 3.03. The number of carbonyl (C=O) groups excluding carboxylic acids is 1. The Balaban J connectivity index is 1.83. The fourth-order valence-corrected chi connectivity index (χ4v) is 3.87. The van der Waals surface area contributed by atoms with Gasteiger partial charge in [-0.15, -0.1) is 0 Å². The van der Waals surface area contributed by atoms with Crippen molar-refractivity contribution in [1.82, 2.24) is 5.32 Å². The van der Waals surface area contributed by atoms with Crippen LogP contribution < -0.4 is 21.3 Å². The van der Waals surface area contributed by atoms with Crippen molar-refractivity contribution in [3.8, 4) is 0 Å². The molecule has 4 N–H and O–H groups in total. The van der Waals surface area contributed by atoms with Crippen LogP contribution in [0.3, 0.4) is 0 Å². The maximum Gasteiger partial charge on any atom is 0.253 e. The van der Waals surface area contributed by atoms with Gasteiger partial charge < -0.3 is 21.3 Å². The van der Waals surface area contributed by atoms with Gasteiger partial charge in [0, 0.05) is 26.2 Å². The Morgan fingerprint density at radius 1 is 1.24 bits per heavy atom. The third-order valence-corrected chi connectivity index (χ3v) is 5.50. The lowest BCUT2D eigenvalue weighted by molar-refractivity contribution is 0.0923. The highest BCUT2D eigenvalue weighted by atomic mass is 19.1. The first-order chi connectivity index (χ1) is 12.0. The Labute approximate surface area is 149 Å². The summed E-state index contributed by atoms with van der Waals surface area (Å²) in [7, 11) is 1.79. The number of amides is 1. The number of nitrogens with two attached hydrogens (primary N) is 1. The second kappa shape index (κ2) is 7.50. The normalized spacial score (nSPS) is 26.5. The number of rotatable bonds is 4. The second-order valence-corrected chi connectivity index (χ2v) is 7.47. The molecule has 0 aromatic heterocycles. The van der Waals surface area contributed by atoms with Crippen LogP contribution in [-0.2, 0) is 0 Å². The molecule has 1 aromatic carbocycles. The van der Waals surface area contributed by atoms with Gasteiger partial charge in [0.05, 0.1) is 22.6 Å². The number of carbonyl (C=O) groups is 1. The van der Waals surface area contributed by atoms with E-state index in [-0.39, 0.29) is 11.9 Å². The minimum absolute atomic E-state index is 0.105. The second-order valence-electron chi connectivity index (χ2n) is 7.47. The van der Waals surface area contributed by atoms with Crippen LogP contribution in [0.15, 0.2) is 12.1 Å². The molecule has 0 spiro atoms. The largest absolute Gasteiger partial charge is 0.397 e. The Morgan fingerprint density at radius 3 is 2.56 bits per heavy atom. The number of alkyl halides is 1. The topological polar surface area (TPSA) is 70.4 Å². The van der Waals surface area contributed by atoms with Crippen molar-refractivity contribution < 1.29 is 9.18 Å². The number of nitrogens with zero attached hydrogens (tertiary/aromatic N) is 1. The zero-order valence-corrected chi connectivity index (χ0v) is 15.1. The minimum atomic E-state index is -0.841. The Morgan fingerprint density at radius 2 is 1.96 bits per heavy atom. The highest BCUT2D eigenvalue weighted by Gasteiger charge is 2.28. The molecule has 6 heteroatoms. The van der Waals surface area contributed by atoms with E-state index in [1.165, 1.54) is 0 Å². The number of benzene rings is 1. The van der Waals surface area contributed by atoms with Crippen LogP contribution in [0.25, 0.3) is 0 Å². The van der Waals surface area contributed by atoms with Crippen LogP contribution >= 0.6 is 0 Å². The van der Waals surface area contributed by atoms with E-state index in [1.807, 2.05) is 11.0 Å². The lowest BCUT2D eigenvalue weighted by atomic mass is 9.87. The van der Waals surface area contributed by atoms with Crippen LogP contribution in [0.1, 0.15) is 49.4 Å². The number of hydrogen-bond acceptors (Lipinski definition) is 4. The molecule has 1 aromatic rings. The summed E-state index contributed by atoms with van der Waals surface area (Å²) in [5.74, 6) is 0.631. The first-order valence-corrected chi connectivity index (χ1v) is 9.29. The summed E-state index contributed by atoms with van der Waals surface area (Å²) in [4.78, 5) is 14.8. The summed E-state index contributed by atoms with van der Waals surface area (Å²) in [6, 6.07) is 3.80. The van der Waals surface area contributed by atoms with E-state index in [9.17, 15) is 9.18 Å². The molecule has 2 fully saturated rings. The highest BCUT2D eigenvalue weighted by Crippen LogP contribution is 2.33. The smallest absolute Gasteiger partial charge is 0.253 e. The van der Waals surface area contributed by atoms with E-state index in [0.717, 1.165) is 43.0 Å². The van der Waals surface area contributed by atoms with Gasteiger partial charge in [-0.2, -0.15) is 0 Å². The average molecular weight is 348 g/mol. The fraction of sp³-hybridized carbons (Fsp3) is 0.632. The molecule has 0 bridgehead atoms. The molecule has 138 valence electrons. The fourth-order valence-electron chi connectivity index (χ4n) is 3.87. The predicted molar refractivity (Wildman–Crippen MR) is 101 cm³/mol. The first-order valence-electron chi connectivity index (χ1n) is 9.29. The van der Waals surface area contributed by atoms with E-state index < -0.39 is 6.17 Å². The number of nitrogens with one attached hydrogen (secondary N) is 2. The summed E-state index contributed by atoms with van der Waals surface area (Å²) < 4.78 is 13.7. The molecular formula is C19H29FN4O. The highest BCUT2D eigenvalue weighted by molar-refractivity contribution is 6.02. The summed E-state index contributed by atoms with van der Waals surface area (Å²) >= 11 is 0. The molecule has 25 heavy (non-hydrogen) atoms. The van der Waals surface area contributed by atoms with Gasteiger partial charge in [-0.1, -0.05) is 6.92 Å². The van der Waals surface area contributed by atoms with E-state index in [0.29, 0.717) is 30.8 Å². The van der Waals surface area contributed by atoms with E-state index in [2.05, 4.69) is 17.6 Å². The predicted octanol–water partition coefficient (Wildman–Crippen LogP) is 3.17. The van der Waals surface area contributed by atoms with E-state index in [4.69, 9.17) is 5.73 Å². The van der Waals surface area contributed by atoms with Gasteiger partial charge in [0.2, 0.25) is 0 Å². The lowest BCUT2D eigenvalue weighted by Crippen LogP contribution is -2.38. The summed E-state index contributed by atoms with van der Waals surface area (Å²) in [5.41, 5.74) is 8.69. The molecule has 3 rings (SSSR count). The number of hydrogen-bond donors (Lipinski definition) is 3. The maximum atomic E-state index is 13.7. The van der Waals surface area contributed by atoms with Gasteiger partial charge in [0.25, 0.3) is 5.91 Å². The van der Waals surface area contributed by atoms with Crippen LogP contribution in [0.2, 0.25) is 0 Å². The zero-order valence-electron chi connectivity index (χ0n) is 15.1. The Hall–Kier alpha value is -1.98. The third-order valence-electron chi connectivity index (χ3n) is 5.50. The summed E-state index contributed by atoms with van der Waals surface area (Å²) in [6.07, 6.45) is 3.99. The van der Waals surface area contributed by atoms with Crippen molar-refractivity contribution in [1.29, 1.82) is 0 Å². The molecular weight excluding hydrogens is 319 g/mol. The summed E-state index contributed by atoms with van der Waals surface area (Å²) in [6.45, 7) is 3.21. The Bertz CT molecular complexity index is 628.